The third kappa shape index (κ3) is 10.8. The van der Waals surface area contributed by atoms with Crippen LogP contribution in [0.15, 0.2) is 0 Å². The Bertz CT molecular complexity index is 30.9. The van der Waals surface area contributed by atoms with E-state index in [9.17, 15) is 0 Å². The van der Waals surface area contributed by atoms with Crippen LogP contribution >= 0.6 is 0 Å². The quantitative estimate of drug-likeness (QED) is 0.440. The Labute approximate surface area is 58.7 Å². The fraction of sp³-hybridized carbons (Fsp3) is 1.00. The zero-order valence-corrected chi connectivity index (χ0v) is 6.20. The van der Waals surface area contributed by atoms with E-state index in [1.807, 2.05) is 6.92 Å². The topological polar surface area (TPSA) is 29.5 Å². The molecule has 42 valence electrons. The molecule has 1 N–H and O–H groups in total. The van der Waals surface area contributed by atoms with E-state index in [2.05, 4.69) is 4.74 Å². The molecule has 0 spiro atoms. The van der Waals surface area contributed by atoms with Crippen LogP contribution in [-0.2, 0) is 26.5 Å². The second-order valence-corrected chi connectivity index (χ2v) is 1.05. The second-order valence-electron chi connectivity index (χ2n) is 1.05. The van der Waals surface area contributed by atoms with Crippen molar-refractivity contribution in [3.63, 3.8) is 0 Å². The molecule has 0 fully saturated rings. The number of hydrogen-bond donors (Lipinski definition) is 1. The first-order valence-electron chi connectivity index (χ1n) is 2.07. The Balaban J connectivity index is 0. The molecule has 0 aliphatic heterocycles. The molecule has 1 unspecified atom stereocenters. The predicted octanol–water partition coefficient (Wildman–Crippen LogP) is 0.359. The van der Waals surface area contributed by atoms with Gasteiger partial charge in [-0.1, -0.05) is 0 Å². The van der Waals surface area contributed by atoms with Gasteiger partial charge in [-0.3, -0.25) is 0 Å². The molecule has 0 heterocycles. The van der Waals surface area contributed by atoms with Crippen LogP contribution in [0.3, 0.4) is 0 Å². The summed E-state index contributed by atoms with van der Waals surface area (Å²) in [5.74, 6) is 0. The Hall–Kier alpha value is 0.634. The van der Waals surface area contributed by atoms with Crippen LogP contribution in [0.1, 0.15) is 13.8 Å². The summed E-state index contributed by atoms with van der Waals surface area (Å²) in [6.45, 7) is 4.01. The summed E-state index contributed by atoms with van der Waals surface area (Å²) in [4.78, 5) is 0. The second kappa shape index (κ2) is 6.63. The van der Waals surface area contributed by atoms with Crippen LogP contribution in [0.5, 0.6) is 0 Å². The Morgan fingerprint density at radius 1 is 1.71 bits per heavy atom. The number of ether oxygens (including phenoxy) is 1. The summed E-state index contributed by atoms with van der Waals surface area (Å²) in [5.41, 5.74) is 0. The molecule has 0 saturated carbocycles. The van der Waals surface area contributed by atoms with Crippen molar-refractivity contribution < 1.29 is 31.6 Å². The maximum absolute atomic E-state index is 8.33. The molecular formula is C4H10O2Ti. The molecule has 0 saturated heterocycles. The molecule has 0 rings (SSSR count). The summed E-state index contributed by atoms with van der Waals surface area (Å²) >= 11 is 0. The molecule has 0 aromatic rings. The molecule has 0 radical (unpaired) electrons. The Morgan fingerprint density at radius 2 is 2.14 bits per heavy atom. The number of aliphatic hydroxyl groups is 1. The molecule has 0 bridgehead atoms. The van der Waals surface area contributed by atoms with Crippen molar-refractivity contribution in [1.29, 1.82) is 0 Å². The standard InChI is InChI=1S/C4H10O2.Ti/c1-3-6-4(2)5;/h4-5H,3H2,1-2H3;. The van der Waals surface area contributed by atoms with Crippen LogP contribution in [-0.4, -0.2) is 18.0 Å². The number of aliphatic hydroxyl groups excluding tert-OH is 1. The molecule has 7 heavy (non-hydrogen) atoms. The van der Waals surface area contributed by atoms with Crippen LogP contribution in [0.25, 0.3) is 0 Å². The molecule has 0 aromatic heterocycles. The minimum absolute atomic E-state index is 0. The SMILES string of the molecule is CCOC(C)O.[Ti]. The van der Waals surface area contributed by atoms with E-state index in [1.54, 1.807) is 6.92 Å². The van der Waals surface area contributed by atoms with Gasteiger partial charge in [0.15, 0.2) is 6.29 Å². The maximum atomic E-state index is 8.33. The van der Waals surface area contributed by atoms with Gasteiger partial charge in [0.05, 0.1) is 0 Å². The monoisotopic (exact) mass is 138 g/mol. The molecule has 0 aliphatic rings. The molecule has 1 atom stereocenters. The molecule has 3 heteroatoms. The molecule has 0 aromatic carbocycles. The van der Waals surface area contributed by atoms with E-state index in [0.717, 1.165) is 0 Å². The number of hydrogen-bond acceptors (Lipinski definition) is 2. The summed E-state index contributed by atoms with van der Waals surface area (Å²) < 4.78 is 4.60. The normalized spacial score (nSPS) is 12.4. The van der Waals surface area contributed by atoms with Gasteiger partial charge < -0.3 is 9.84 Å². The molecule has 0 aliphatic carbocycles. The van der Waals surface area contributed by atoms with Crippen LogP contribution in [0.2, 0.25) is 0 Å². The van der Waals surface area contributed by atoms with E-state index in [0.29, 0.717) is 6.61 Å². The molecule has 2 nitrogen and oxygen atoms in total. The van der Waals surface area contributed by atoms with E-state index < -0.39 is 6.29 Å². The van der Waals surface area contributed by atoms with Gasteiger partial charge in [0.2, 0.25) is 0 Å². The maximum Gasteiger partial charge on any atom is 0.151 e. The first-order chi connectivity index (χ1) is 2.77. The summed E-state index contributed by atoms with van der Waals surface area (Å²) in [6.07, 6.45) is -0.602. The van der Waals surface area contributed by atoms with E-state index in [4.69, 9.17) is 5.11 Å². The van der Waals surface area contributed by atoms with Gasteiger partial charge in [0, 0.05) is 28.3 Å². The van der Waals surface area contributed by atoms with Gasteiger partial charge in [-0.05, 0) is 13.8 Å². The van der Waals surface area contributed by atoms with Crippen LogP contribution < -0.4 is 0 Å². The first-order valence-corrected chi connectivity index (χ1v) is 2.07. The zero-order valence-electron chi connectivity index (χ0n) is 4.64. The minimum Gasteiger partial charge on any atom is -0.368 e. The van der Waals surface area contributed by atoms with Gasteiger partial charge in [-0.15, -0.1) is 0 Å². The fourth-order valence-corrected chi connectivity index (χ4v) is 0.241. The van der Waals surface area contributed by atoms with Crippen molar-refractivity contribution >= 4 is 0 Å². The average molecular weight is 138 g/mol. The van der Waals surface area contributed by atoms with Crippen LogP contribution in [0.4, 0.5) is 0 Å². The minimum atomic E-state index is -0.602. The van der Waals surface area contributed by atoms with E-state index >= 15 is 0 Å². The van der Waals surface area contributed by atoms with Crippen LogP contribution in [0, 0.1) is 0 Å². The molecular weight excluding hydrogens is 128 g/mol. The third-order valence-corrected chi connectivity index (χ3v) is 0.408. The smallest absolute Gasteiger partial charge is 0.151 e. The van der Waals surface area contributed by atoms with Gasteiger partial charge in [0.25, 0.3) is 0 Å². The van der Waals surface area contributed by atoms with Crippen molar-refractivity contribution in [2.75, 3.05) is 6.61 Å². The van der Waals surface area contributed by atoms with Gasteiger partial charge in [-0.2, -0.15) is 0 Å². The average Bonchev–Trinajstić information content (AvgIpc) is 1.35. The zero-order chi connectivity index (χ0) is 4.99. The van der Waals surface area contributed by atoms with E-state index in [1.165, 1.54) is 0 Å². The van der Waals surface area contributed by atoms with Crippen molar-refractivity contribution in [3.05, 3.63) is 0 Å². The summed E-state index contributed by atoms with van der Waals surface area (Å²) in [7, 11) is 0. The first kappa shape index (κ1) is 10.6. The van der Waals surface area contributed by atoms with Crippen molar-refractivity contribution in [1.82, 2.24) is 0 Å². The number of rotatable bonds is 2. The largest absolute Gasteiger partial charge is 0.368 e. The Kier molecular flexibility index (Phi) is 10.0. The van der Waals surface area contributed by atoms with E-state index in [-0.39, 0.29) is 21.7 Å². The molecule has 0 amide bonds. The van der Waals surface area contributed by atoms with Gasteiger partial charge in [0.1, 0.15) is 0 Å². The Morgan fingerprint density at radius 3 is 2.14 bits per heavy atom. The third-order valence-electron chi connectivity index (χ3n) is 0.408. The summed E-state index contributed by atoms with van der Waals surface area (Å²) in [6, 6.07) is 0. The van der Waals surface area contributed by atoms with Gasteiger partial charge >= 0.3 is 0 Å². The predicted molar refractivity (Wildman–Crippen MR) is 23.3 cm³/mol. The van der Waals surface area contributed by atoms with Gasteiger partial charge in [-0.25, -0.2) is 0 Å². The fourth-order valence-electron chi connectivity index (χ4n) is 0.241. The van der Waals surface area contributed by atoms with Crippen molar-refractivity contribution in [2.24, 2.45) is 0 Å². The van der Waals surface area contributed by atoms with Crippen molar-refractivity contribution in [3.8, 4) is 0 Å². The summed E-state index contributed by atoms with van der Waals surface area (Å²) in [5, 5.41) is 8.33. The van der Waals surface area contributed by atoms with Crippen molar-refractivity contribution in [2.45, 2.75) is 20.1 Å².